The van der Waals surface area contributed by atoms with E-state index in [-0.39, 0.29) is 18.6 Å². The predicted molar refractivity (Wildman–Crippen MR) is 66.5 cm³/mol. The van der Waals surface area contributed by atoms with Gasteiger partial charge in [0.15, 0.2) is 0 Å². The number of aliphatic hydroxyl groups excluding tert-OH is 1. The maximum Gasteiger partial charge on any atom is 0.220 e. The highest BCUT2D eigenvalue weighted by Crippen LogP contribution is 2.32. The molecule has 1 saturated carbocycles. The van der Waals surface area contributed by atoms with Gasteiger partial charge >= 0.3 is 0 Å². The molecule has 0 aliphatic heterocycles. The second kappa shape index (κ2) is 5.82. The largest absolute Gasteiger partial charge is 0.394 e. The lowest BCUT2D eigenvalue weighted by atomic mass is 10.1. The molecule has 1 aliphatic carbocycles. The Kier molecular flexibility index (Phi) is 4.15. The zero-order valence-corrected chi connectivity index (χ0v) is 9.93. The molecule has 1 aliphatic rings. The van der Waals surface area contributed by atoms with E-state index in [2.05, 4.69) is 5.32 Å². The quantitative estimate of drug-likeness (QED) is 0.782. The number of benzene rings is 1. The van der Waals surface area contributed by atoms with Crippen LogP contribution < -0.4 is 5.32 Å². The van der Waals surface area contributed by atoms with Gasteiger partial charge in [0.05, 0.1) is 12.6 Å². The van der Waals surface area contributed by atoms with Crippen molar-refractivity contribution >= 4 is 5.91 Å². The fourth-order valence-corrected chi connectivity index (χ4v) is 1.93. The molecular formula is C14H19NO2. The van der Waals surface area contributed by atoms with Crippen molar-refractivity contribution in [1.82, 2.24) is 5.32 Å². The highest BCUT2D eigenvalue weighted by atomic mass is 16.3. The summed E-state index contributed by atoms with van der Waals surface area (Å²) in [7, 11) is 0. The van der Waals surface area contributed by atoms with E-state index in [0.29, 0.717) is 18.8 Å². The van der Waals surface area contributed by atoms with E-state index in [1.54, 1.807) is 0 Å². The molecule has 1 amide bonds. The maximum absolute atomic E-state index is 11.6. The van der Waals surface area contributed by atoms with Crippen LogP contribution in [0, 0.1) is 5.92 Å². The van der Waals surface area contributed by atoms with Crippen molar-refractivity contribution in [3.05, 3.63) is 35.9 Å². The van der Waals surface area contributed by atoms with Crippen LogP contribution in [-0.2, 0) is 11.2 Å². The molecule has 0 bridgehead atoms. The molecule has 0 aromatic heterocycles. The van der Waals surface area contributed by atoms with Gasteiger partial charge in [0.1, 0.15) is 0 Å². The predicted octanol–water partition coefficient (Wildman–Crippen LogP) is 1.51. The fourth-order valence-electron chi connectivity index (χ4n) is 1.93. The lowest BCUT2D eigenvalue weighted by Crippen LogP contribution is -2.39. The second-order valence-electron chi connectivity index (χ2n) is 4.78. The average molecular weight is 233 g/mol. The number of amides is 1. The van der Waals surface area contributed by atoms with Crippen LogP contribution in [0.4, 0.5) is 0 Å². The maximum atomic E-state index is 11.6. The number of nitrogens with one attached hydrogen (secondary N) is 1. The van der Waals surface area contributed by atoms with Crippen LogP contribution in [0.15, 0.2) is 30.3 Å². The molecule has 2 N–H and O–H groups in total. The zero-order chi connectivity index (χ0) is 12.1. The van der Waals surface area contributed by atoms with Crippen LogP contribution in [-0.4, -0.2) is 23.7 Å². The molecule has 3 nitrogen and oxygen atoms in total. The summed E-state index contributed by atoms with van der Waals surface area (Å²) in [4.78, 5) is 11.6. The number of rotatable bonds is 6. The molecule has 1 aromatic rings. The Hall–Kier alpha value is -1.35. The van der Waals surface area contributed by atoms with Gasteiger partial charge in [-0.15, -0.1) is 0 Å². The van der Waals surface area contributed by atoms with Gasteiger partial charge in [-0.2, -0.15) is 0 Å². The van der Waals surface area contributed by atoms with E-state index in [4.69, 9.17) is 0 Å². The molecule has 0 radical (unpaired) electrons. The van der Waals surface area contributed by atoms with E-state index < -0.39 is 0 Å². The van der Waals surface area contributed by atoms with Gasteiger partial charge in [-0.3, -0.25) is 4.79 Å². The first-order valence-corrected chi connectivity index (χ1v) is 6.22. The van der Waals surface area contributed by atoms with Gasteiger partial charge in [-0.05, 0) is 30.7 Å². The minimum atomic E-state index is -0.163. The normalized spacial score (nSPS) is 16.5. The van der Waals surface area contributed by atoms with Gasteiger partial charge in [0.25, 0.3) is 0 Å². The Morgan fingerprint density at radius 2 is 2.06 bits per heavy atom. The van der Waals surface area contributed by atoms with Crippen LogP contribution in [0.2, 0.25) is 0 Å². The van der Waals surface area contributed by atoms with Crippen LogP contribution in [0.3, 0.4) is 0 Å². The number of carbonyl (C=O) groups excluding carboxylic acids is 1. The van der Waals surface area contributed by atoms with Gasteiger partial charge in [-0.1, -0.05) is 30.3 Å². The van der Waals surface area contributed by atoms with Crippen molar-refractivity contribution in [3.63, 3.8) is 0 Å². The molecule has 92 valence electrons. The minimum Gasteiger partial charge on any atom is -0.394 e. The van der Waals surface area contributed by atoms with Crippen molar-refractivity contribution in [2.45, 2.75) is 31.7 Å². The Bertz CT molecular complexity index is 360. The molecule has 1 unspecified atom stereocenters. The summed E-state index contributed by atoms with van der Waals surface area (Å²) in [6.07, 6.45) is 3.66. The van der Waals surface area contributed by atoms with Crippen LogP contribution >= 0.6 is 0 Å². The first-order valence-electron chi connectivity index (χ1n) is 6.22. The Morgan fingerprint density at radius 3 is 2.65 bits per heavy atom. The molecular weight excluding hydrogens is 214 g/mol. The summed E-state index contributed by atoms with van der Waals surface area (Å²) in [6.45, 7) is -0.00863. The summed E-state index contributed by atoms with van der Waals surface area (Å²) >= 11 is 0. The molecule has 0 heterocycles. The SMILES string of the molecule is O=C(CC1CC1)NC(CO)Cc1ccccc1. The van der Waals surface area contributed by atoms with Gasteiger partial charge in [0.2, 0.25) is 5.91 Å². The lowest BCUT2D eigenvalue weighted by Gasteiger charge is -2.16. The van der Waals surface area contributed by atoms with Crippen LogP contribution in [0.5, 0.6) is 0 Å². The highest BCUT2D eigenvalue weighted by Gasteiger charge is 2.25. The average Bonchev–Trinajstić information content (AvgIpc) is 3.13. The second-order valence-corrected chi connectivity index (χ2v) is 4.78. The van der Waals surface area contributed by atoms with E-state index in [1.165, 1.54) is 12.8 Å². The third kappa shape index (κ3) is 4.19. The number of carbonyl (C=O) groups is 1. The molecule has 3 heteroatoms. The number of hydrogen-bond acceptors (Lipinski definition) is 2. The van der Waals surface area contributed by atoms with Crippen molar-refractivity contribution in [2.75, 3.05) is 6.61 Å². The summed E-state index contributed by atoms with van der Waals surface area (Å²) in [5, 5.41) is 12.2. The first kappa shape index (κ1) is 12.1. The molecule has 1 fully saturated rings. The molecule has 1 aromatic carbocycles. The first-order chi connectivity index (χ1) is 8.28. The Labute approximate surface area is 102 Å². The van der Waals surface area contributed by atoms with Crippen molar-refractivity contribution < 1.29 is 9.90 Å². The highest BCUT2D eigenvalue weighted by molar-refractivity contribution is 5.76. The van der Waals surface area contributed by atoms with Gasteiger partial charge in [0, 0.05) is 6.42 Å². The number of hydrogen-bond donors (Lipinski definition) is 2. The summed E-state index contributed by atoms with van der Waals surface area (Å²) in [5.74, 6) is 0.661. The number of aliphatic hydroxyl groups is 1. The van der Waals surface area contributed by atoms with Crippen molar-refractivity contribution in [1.29, 1.82) is 0 Å². The summed E-state index contributed by atoms with van der Waals surface area (Å²) in [6, 6.07) is 9.75. The van der Waals surface area contributed by atoms with E-state index in [0.717, 1.165) is 5.56 Å². The third-order valence-corrected chi connectivity index (χ3v) is 3.08. The summed E-state index contributed by atoms with van der Waals surface area (Å²) < 4.78 is 0. The van der Waals surface area contributed by atoms with E-state index in [1.807, 2.05) is 30.3 Å². The molecule has 1 atom stereocenters. The topological polar surface area (TPSA) is 49.3 Å². The smallest absolute Gasteiger partial charge is 0.220 e. The van der Waals surface area contributed by atoms with Crippen LogP contribution in [0.25, 0.3) is 0 Å². The molecule has 2 rings (SSSR count). The van der Waals surface area contributed by atoms with Crippen LogP contribution in [0.1, 0.15) is 24.8 Å². The standard InChI is InChI=1S/C14H19NO2/c16-10-13(8-11-4-2-1-3-5-11)15-14(17)9-12-6-7-12/h1-5,12-13,16H,6-10H2,(H,15,17). The van der Waals surface area contributed by atoms with Crippen molar-refractivity contribution in [3.8, 4) is 0 Å². The van der Waals surface area contributed by atoms with Gasteiger partial charge < -0.3 is 10.4 Å². The molecule has 0 saturated heterocycles. The zero-order valence-electron chi connectivity index (χ0n) is 9.93. The fraction of sp³-hybridized carbons (Fsp3) is 0.500. The van der Waals surface area contributed by atoms with Gasteiger partial charge in [-0.25, -0.2) is 0 Å². The van der Waals surface area contributed by atoms with E-state index >= 15 is 0 Å². The third-order valence-electron chi connectivity index (χ3n) is 3.08. The Morgan fingerprint density at radius 1 is 1.35 bits per heavy atom. The summed E-state index contributed by atoms with van der Waals surface area (Å²) in [5.41, 5.74) is 1.14. The monoisotopic (exact) mass is 233 g/mol. The van der Waals surface area contributed by atoms with Crippen molar-refractivity contribution in [2.24, 2.45) is 5.92 Å². The lowest BCUT2D eigenvalue weighted by molar-refractivity contribution is -0.122. The molecule has 0 spiro atoms. The Balaban J connectivity index is 1.81. The van der Waals surface area contributed by atoms with E-state index in [9.17, 15) is 9.90 Å². The molecule has 17 heavy (non-hydrogen) atoms. The minimum absolute atomic E-state index is 0.00863.